The van der Waals surface area contributed by atoms with Gasteiger partial charge in [0.25, 0.3) is 0 Å². The molecule has 0 bridgehead atoms. The standard InChI is InChI=1S/C19H25N5S/c1-3-15-7-5-8-16(4-2)17(15)22-19(25)24-13-11-23(12-14-24)18-20-9-6-10-21-18/h5-10H,3-4,11-14H2,1-2H3,(H,22,25). The van der Waals surface area contributed by atoms with E-state index in [1.165, 1.54) is 16.8 Å². The number of anilines is 2. The van der Waals surface area contributed by atoms with E-state index in [1.54, 1.807) is 12.4 Å². The molecule has 1 aliphatic rings. The topological polar surface area (TPSA) is 44.3 Å². The Labute approximate surface area is 155 Å². The minimum absolute atomic E-state index is 0.797. The van der Waals surface area contributed by atoms with Gasteiger partial charge in [-0.05, 0) is 42.3 Å². The fraction of sp³-hybridized carbons (Fsp3) is 0.421. The highest BCUT2D eigenvalue weighted by Crippen LogP contribution is 2.23. The molecule has 1 aromatic heterocycles. The average Bonchev–Trinajstić information content (AvgIpc) is 2.69. The monoisotopic (exact) mass is 355 g/mol. The lowest BCUT2D eigenvalue weighted by molar-refractivity contribution is 0.388. The number of para-hydroxylation sites is 1. The average molecular weight is 356 g/mol. The third kappa shape index (κ3) is 4.07. The second kappa shape index (κ2) is 8.25. The lowest BCUT2D eigenvalue weighted by atomic mass is 10.0. The fourth-order valence-corrected chi connectivity index (χ4v) is 3.44. The summed E-state index contributed by atoms with van der Waals surface area (Å²) in [6.07, 6.45) is 5.57. The minimum atomic E-state index is 0.797. The van der Waals surface area contributed by atoms with Gasteiger partial charge in [-0.25, -0.2) is 9.97 Å². The smallest absolute Gasteiger partial charge is 0.225 e. The number of nitrogens with one attached hydrogen (secondary N) is 1. The number of hydrogen-bond acceptors (Lipinski definition) is 4. The molecule has 0 atom stereocenters. The molecule has 0 saturated carbocycles. The van der Waals surface area contributed by atoms with Gasteiger partial charge in [-0.3, -0.25) is 0 Å². The first-order valence-electron chi connectivity index (χ1n) is 8.91. The molecule has 2 heterocycles. The van der Waals surface area contributed by atoms with Crippen LogP contribution in [0, 0.1) is 0 Å². The highest BCUT2D eigenvalue weighted by atomic mass is 32.1. The van der Waals surface area contributed by atoms with E-state index in [2.05, 4.69) is 57.1 Å². The van der Waals surface area contributed by atoms with Crippen LogP contribution in [0.3, 0.4) is 0 Å². The minimum Gasteiger partial charge on any atom is -0.345 e. The van der Waals surface area contributed by atoms with Crippen LogP contribution in [-0.2, 0) is 12.8 Å². The molecule has 6 heteroatoms. The highest BCUT2D eigenvalue weighted by Gasteiger charge is 2.21. The number of hydrogen-bond donors (Lipinski definition) is 1. The first-order chi connectivity index (χ1) is 12.2. The van der Waals surface area contributed by atoms with Gasteiger partial charge in [0.1, 0.15) is 0 Å². The highest BCUT2D eigenvalue weighted by molar-refractivity contribution is 7.80. The molecule has 132 valence electrons. The third-order valence-electron chi connectivity index (χ3n) is 4.63. The molecule has 1 fully saturated rings. The van der Waals surface area contributed by atoms with Crippen LogP contribution in [0.2, 0.25) is 0 Å². The number of benzene rings is 1. The van der Waals surface area contributed by atoms with E-state index in [0.717, 1.165) is 50.1 Å². The summed E-state index contributed by atoms with van der Waals surface area (Å²) in [4.78, 5) is 13.1. The van der Waals surface area contributed by atoms with Crippen LogP contribution in [0.4, 0.5) is 11.6 Å². The summed E-state index contributed by atoms with van der Waals surface area (Å²) in [6, 6.07) is 8.32. The zero-order valence-electron chi connectivity index (χ0n) is 14.9. The Morgan fingerprint density at radius 2 is 1.60 bits per heavy atom. The van der Waals surface area contributed by atoms with Gasteiger partial charge >= 0.3 is 0 Å². The summed E-state index contributed by atoms with van der Waals surface area (Å²) in [6.45, 7) is 7.87. The van der Waals surface area contributed by atoms with Crippen LogP contribution >= 0.6 is 12.2 Å². The molecular formula is C19H25N5S. The van der Waals surface area contributed by atoms with Crippen molar-refractivity contribution in [2.45, 2.75) is 26.7 Å². The van der Waals surface area contributed by atoms with E-state index >= 15 is 0 Å². The van der Waals surface area contributed by atoms with Crippen LogP contribution in [0.5, 0.6) is 0 Å². The quantitative estimate of drug-likeness (QED) is 0.850. The number of piperazine rings is 1. The third-order valence-corrected chi connectivity index (χ3v) is 4.99. The van der Waals surface area contributed by atoms with Crippen LogP contribution in [0.15, 0.2) is 36.7 Å². The van der Waals surface area contributed by atoms with E-state index in [1.807, 2.05) is 6.07 Å². The van der Waals surface area contributed by atoms with Gasteiger partial charge in [0.05, 0.1) is 0 Å². The molecule has 1 aromatic carbocycles. The zero-order chi connectivity index (χ0) is 17.6. The van der Waals surface area contributed by atoms with Crippen molar-refractivity contribution in [2.75, 3.05) is 36.4 Å². The summed E-state index contributed by atoms with van der Waals surface area (Å²) >= 11 is 5.69. The molecule has 0 amide bonds. The van der Waals surface area contributed by atoms with Gasteiger partial charge < -0.3 is 15.1 Å². The fourth-order valence-electron chi connectivity index (χ4n) is 3.15. The second-order valence-electron chi connectivity index (χ2n) is 6.11. The van der Waals surface area contributed by atoms with Gasteiger partial charge in [0.2, 0.25) is 5.95 Å². The van der Waals surface area contributed by atoms with E-state index in [9.17, 15) is 0 Å². The molecule has 0 spiro atoms. The van der Waals surface area contributed by atoms with Crippen molar-refractivity contribution in [2.24, 2.45) is 0 Å². The van der Waals surface area contributed by atoms with Crippen LogP contribution in [-0.4, -0.2) is 46.2 Å². The molecule has 1 saturated heterocycles. The largest absolute Gasteiger partial charge is 0.345 e. The molecule has 0 aliphatic carbocycles. The zero-order valence-corrected chi connectivity index (χ0v) is 15.7. The predicted molar refractivity (Wildman–Crippen MR) is 107 cm³/mol. The number of aryl methyl sites for hydroxylation is 2. The molecular weight excluding hydrogens is 330 g/mol. The first kappa shape index (κ1) is 17.6. The van der Waals surface area contributed by atoms with Crippen LogP contribution in [0.1, 0.15) is 25.0 Å². The Hall–Kier alpha value is -2.21. The van der Waals surface area contributed by atoms with Crippen molar-refractivity contribution in [3.05, 3.63) is 47.8 Å². The van der Waals surface area contributed by atoms with Gasteiger partial charge in [0.15, 0.2) is 5.11 Å². The summed E-state index contributed by atoms with van der Waals surface area (Å²) < 4.78 is 0. The lowest BCUT2D eigenvalue weighted by Crippen LogP contribution is -2.50. The maximum Gasteiger partial charge on any atom is 0.225 e. The van der Waals surface area contributed by atoms with Crippen LogP contribution in [0.25, 0.3) is 0 Å². The predicted octanol–water partition coefficient (Wildman–Crippen LogP) is 3.12. The molecule has 0 radical (unpaired) electrons. The van der Waals surface area contributed by atoms with Crippen molar-refractivity contribution >= 4 is 29.0 Å². The van der Waals surface area contributed by atoms with Gasteiger partial charge in [0, 0.05) is 44.3 Å². The Kier molecular flexibility index (Phi) is 5.81. The van der Waals surface area contributed by atoms with Crippen molar-refractivity contribution in [1.29, 1.82) is 0 Å². The first-order valence-corrected chi connectivity index (χ1v) is 9.32. The summed E-state index contributed by atoms with van der Waals surface area (Å²) in [7, 11) is 0. The maximum atomic E-state index is 5.69. The van der Waals surface area contributed by atoms with Gasteiger partial charge in [-0.2, -0.15) is 0 Å². The van der Waals surface area contributed by atoms with Crippen molar-refractivity contribution < 1.29 is 0 Å². The summed E-state index contributed by atoms with van der Waals surface area (Å²) in [5, 5.41) is 4.32. The Morgan fingerprint density at radius 1 is 1.00 bits per heavy atom. The summed E-state index contributed by atoms with van der Waals surface area (Å²) in [5.74, 6) is 0.797. The molecule has 2 aromatic rings. The number of nitrogens with zero attached hydrogens (tertiary/aromatic N) is 4. The Bertz CT molecular complexity index is 689. The molecule has 1 N–H and O–H groups in total. The maximum absolute atomic E-state index is 5.69. The van der Waals surface area contributed by atoms with Crippen molar-refractivity contribution in [1.82, 2.24) is 14.9 Å². The normalized spacial score (nSPS) is 14.5. The van der Waals surface area contributed by atoms with Crippen LogP contribution < -0.4 is 10.2 Å². The van der Waals surface area contributed by atoms with E-state index < -0.39 is 0 Å². The number of aromatic nitrogens is 2. The molecule has 1 aliphatic heterocycles. The van der Waals surface area contributed by atoms with Gasteiger partial charge in [-0.15, -0.1) is 0 Å². The van der Waals surface area contributed by atoms with E-state index in [-0.39, 0.29) is 0 Å². The van der Waals surface area contributed by atoms with Crippen molar-refractivity contribution in [3.8, 4) is 0 Å². The molecule has 5 nitrogen and oxygen atoms in total. The van der Waals surface area contributed by atoms with E-state index in [0.29, 0.717) is 0 Å². The molecule has 0 unspecified atom stereocenters. The second-order valence-corrected chi connectivity index (χ2v) is 6.50. The number of thiocarbonyl (C=S) groups is 1. The Morgan fingerprint density at radius 3 is 2.16 bits per heavy atom. The SMILES string of the molecule is CCc1cccc(CC)c1NC(=S)N1CCN(c2ncccn2)CC1. The number of rotatable bonds is 4. The van der Waals surface area contributed by atoms with E-state index in [4.69, 9.17) is 12.2 Å². The summed E-state index contributed by atoms with van der Waals surface area (Å²) in [5.41, 5.74) is 3.82. The van der Waals surface area contributed by atoms with Gasteiger partial charge in [-0.1, -0.05) is 32.0 Å². The Balaban J connectivity index is 1.64. The lowest BCUT2D eigenvalue weighted by Gasteiger charge is -2.36. The molecule has 3 rings (SSSR count). The van der Waals surface area contributed by atoms with Crippen molar-refractivity contribution in [3.63, 3.8) is 0 Å². The molecule has 25 heavy (non-hydrogen) atoms.